The van der Waals surface area contributed by atoms with Crippen LogP contribution in [-0.2, 0) is 7.05 Å². The van der Waals surface area contributed by atoms with E-state index in [0.717, 1.165) is 29.8 Å². The number of aromatic nitrogens is 3. The van der Waals surface area contributed by atoms with E-state index in [1.807, 2.05) is 6.07 Å². The molecule has 2 aromatic heterocycles. The van der Waals surface area contributed by atoms with Crippen molar-refractivity contribution in [3.63, 3.8) is 0 Å². The molecule has 130 valence electrons. The lowest BCUT2D eigenvalue weighted by molar-refractivity contribution is 0.262. The Balaban J connectivity index is 1.51. The molecular formula is C17H19N5O3. The average Bonchev–Trinajstić information content (AvgIpc) is 3.28. The molecule has 0 radical (unpaired) electrons. The van der Waals surface area contributed by atoms with E-state index in [0.29, 0.717) is 28.9 Å². The van der Waals surface area contributed by atoms with Crippen LogP contribution in [0.1, 0.15) is 30.3 Å². The minimum atomic E-state index is -0.375. The van der Waals surface area contributed by atoms with Gasteiger partial charge in [0, 0.05) is 18.7 Å². The number of methoxy groups -OCH3 is 1. The van der Waals surface area contributed by atoms with Crippen molar-refractivity contribution in [2.45, 2.75) is 25.7 Å². The zero-order valence-corrected chi connectivity index (χ0v) is 14.3. The number of rotatable bonds is 4. The number of ether oxygens (including phenoxy) is 1. The van der Waals surface area contributed by atoms with Crippen LogP contribution in [0.15, 0.2) is 22.6 Å². The molecule has 0 bridgehead atoms. The summed E-state index contributed by atoms with van der Waals surface area (Å²) in [5.74, 6) is 1.73. The van der Waals surface area contributed by atoms with Crippen molar-refractivity contribution in [2.75, 3.05) is 17.7 Å². The number of nitrogens with zero attached hydrogens (tertiary/aromatic N) is 3. The van der Waals surface area contributed by atoms with E-state index < -0.39 is 0 Å². The largest absolute Gasteiger partial charge is 0.480 e. The predicted octanol–water partition coefficient (Wildman–Crippen LogP) is 3.40. The Bertz CT molecular complexity index is 955. The zero-order chi connectivity index (χ0) is 17.6. The van der Waals surface area contributed by atoms with Gasteiger partial charge in [-0.2, -0.15) is 5.10 Å². The van der Waals surface area contributed by atoms with Crippen molar-refractivity contribution in [3.8, 4) is 5.88 Å². The highest BCUT2D eigenvalue weighted by Gasteiger charge is 2.28. The molecule has 3 aromatic rings. The second-order valence-electron chi connectivity index (χ2n) is 6.18. The van der Waals surface area contributed by atoms with Gasteiger partial charge in [0.05, 0.1) is 12.8 Å². The Hall–Kier alpha value is -3.03. The minimum Gasteiger partial charge on any atom is -0.480 e. The second kappa shape index (κ2) is 5.80. The van der Waals surface area contributed by atoms with Gasteiger partial charge in [0.1, 0.15) is 11.2 Å². The maximum atomic E-state index is 12.3. The summed E-state index contributed by atoms with van der Waals surface area (Å²) in [6.07, 6.45) is 2.26. The number of hydrogen-bond donors (Lipinski definition) is 2. The summed E-state index contributed by atoms with van der Waals surface area (Å²) < 4.78 is 12.6. The Morgan fingerprint density at radius 2 is 2.16 bits per heavy atom. The molecule has 2 amide bonds. The molecule has 8 nitrogen and oxygen atoms in total. The first-order valence-electron chi connectivity index (χ1n) is 8.11. The highest BCUT2D eigenvalue weighted by atomic mass is 16.5. The van der Waals surface area contributed by atoms with Gasteiger partial charge in [-0.25, -0.2) is 14.5 Å². The highest BCUT2D eigenvalue weighted by Crippen LogP contribution is 2.40. The first-order chi connectivity index (χ1) is 12.0. The maximum absolute atomic E-state index is 12.3. The molecule has 25 heavy (non-hydrogen) atoms. The van der Waals surface area contributed by atoms with Crippen molar-refractivity contribution < 1.29 is 13.9 Å². The summed E-state index contributed by atoms with van der Waals surface area (Å²) >= 11 is 0. The van der Waals surface area contributed by atoms with Crippen LogP contribution >= 0.6 is 0 Å². The van der Waals surface area contributed by atoms with E-state index in [1.54, 1.807) is 30.8 Å². The van der Waals surface area contributed by atoms with Gasteiger partial charge in [-0.05, 0) is 38.0 Å². The molecule has 2 N–H and O–H groups in total. The number of aryl methyl sites for hydroxylation is 2. The summed E-state index contributed by atoms with van der Waals surface area (Å²) in [6.45, 7) is 1.80. The Morgan fingerprint density at radius 3 is 2.88 bits per heavy atom. The quantitative estimate of drug-likeness (QED) is 0.758. The Labute approximate surface area is 144 Å². The molecule has 4 rings (SSSR count). The lowest BCUT2D eigenvalue weighted by Crippen LogP contribution is -2.20. The van der Waals surface area contributed by atoms with Gasteiger partial charge in [-0.15, -0.1) is 0 Å². The van der Waals surface area contributed by atoms with E-state index in [9.17, 15) is 4.79 Å². The fraction of sp³-hybridized carbons (Fsp3) is 0.353. The maximum Gasteiger partial charge on any atom is 0.323 e. The molecule has 8 heteroatoms. The molecule has 2 heterocycles. The summed E-state index contributed by atoms with van der Waals surface area (Å²) in [7, 11) is 3.29. The molecule has 1 aliphatic rings. The molecule has 0 spiro atoms. The SMILES string of the molecule is COc1c(NC(=O)Nc2ccc3oc(C4CC4)nc3c2)c(C)nn1C. The van der Waals surface area contributed by atoms with Gasteiger partial charge < -0.3 is 19.8 Å². The van der Waals surface area contributed by atoms with Crippen molar-refractivity contribution in [1.82, 2.24) is 14.8 Å². The second-order valence-corrected chi connectivity index (χ2v) is 6.18. The topological polar surface area (TPSA) is 94.2 Å². The number of anilines is 2. The first-order valence-corrected chi connectivity index (χ1v) is 8.11. The normalized spacial score (nSPS) is 13.9. The smallest absolute Gasteiger partial charge is 0.323 e. The number of fused-ring (bicyclic) bond motifs is 1. The van der Waals surface area contributed by atoms with Crippen LogP contribution in [-0.4, -0.2) is 27.9 Å². The van der Waals surface area contributed by atoms with Crippen LogP contribution in [0.25, 0.3) is 11.1 Å². The van der Waals surface area contributed by atoms with Crippen LogP contribution < -0.4 is 15.4 Å². The van der Waals surface area contributed by atoms with Gasteiger partial charge in [0.2, 0.25) is 5.88 Å². The number of carbonyl (C=O) groups excluding carboxylic acids is 1. The molecule has 1 saturated carbocycles. The molecule has 1 aromatic carbocycles. The van der Waals surface area contributed by atoms with Crippen LogP contribution in [0, 0.1) is 6.92 Å². The van der Waals surface area contributed by atoms with E-state index in [4.69, 9.17) is 9.15 Å². The van der Waals surface area contributed by atoms with Gasteiger partial charge in [-0.3, -0.25) is 0 Å². The fourth-order valence-electron chi connectivity index (χ4n) is 2.82. The zero-order valence-electron chi connectivity index (χ0n) is 14.3. The molecule has 0 aliphatic heterocycles. The third-order valence-electron chi connectivity index (χ3n) is 4.19. The van der Waals surface area contributed by atoms with Crippen LogP contribution in [0.3, 0.4) is 0 Å². The van der Waals surface area contributed by atoms with Crippen LogP contribution in [0.4, 0.5) is 16.2 Å². The highest BCUT2D eigenvalue weighted by molar-refractivity contribution is 6.01. The monoisotopic (exact) mass is 341 g/mol. The lowest BCUT2D eigenvalue weighted by Gasteiger charge is -2.08. The molecule has 0 atom stereocenters. The summed E-state index contributed by atoms with van der Waals surface area (Å²) in [4.78, 5) is 16.8. The fourth-order valence-corrected chi connectivity index (χ4v) is 2.82. The van der Waals surface area contributed by atoms with Crippen molar-refractivity contribution >= 4 is 28.5 Å². The van der Waals surface area contributed by atoms with E-state index in [-0.39, 0.29) is 6.03 Å². The number of nitrogens with one attached hydrogen (secondary N) is 2. The average molecular weight is 341 g/mol. The summed E-state index contributed by atoms with van der Waals surface area (Å²) in [5, 5.41) is 9.81. The van der Waals surface area contributed by atoms with Crippen molar-refractivity contribution in [3.05, 3.63) is 29.8 Å². The van der Waals surface area contributed by atoms with Gasteiger partial charge in [0.15, 0.2) is 11.5 Å². The van der Waals surface area contributed by atoms with Gasteiger partial charge >= 0.3 is 6.03 Å². The number of benzene rings is 1. The summed E-state index contributed by atoms with van der Waals surface area (Å²) in [6, 6.07) is 5.04. The van der Waals surface area contributed by atoms with Crippen molar-refractivity contribution in [2.24, 2.45) is 7.05 Å². The first kappa shape index (κ1) is 15.5. The van der Waals surface area contributed by atoms with Crippen LogP contribution in [0.5, 0.6) is 5.88 Å². The molecule has 1 aliphatic carbocycles. The summed E-state index contributed by atoms with van der Waals surface area (Å²) in [5.41, 5.74) is 3.34. The number of urea groups is 1. The van der Waals surface area contributed by atoms with Crippen LogP contribution in [0.2, 0.25) is 0 Å². The number of amides is 2. The molecular weight excluding hydrogens is 322 g/mol. The minimum absolute atomic E-state index is 0.375. The Kier molecular flexibility index (Phi) is 3.60. The number of hydrogen-bond acceptors (Lipinski definition) is 5. The number of oxazole rings is 1. The predicted molar refractivity (Wildman–Crippen MR) is 93.1 cm³/mol. The molecule has 1 fully saturated rings. The lowest BCUT2D eigenvalue weighted by atomic mass is 10.3. The number of carbonyl (C=O) groups is 1. The third-order valence-corrected chi connectivity index (χ3v) is 4.19. The Morgan fingerprint density at radius 1 is 1.36 bits per heavy atom. The standard InChI is InChI=1S/C17H19N5O3/c1-9-14(16(24-3)22(2)21-9)20-17(23)18-11-6-7-13-12(8-11)19-15(25-13)10-4-5-10/h6-8,10H,4-5H2,1-3H3,(H2,18,20,23). The van der Waals surface area contributed by atoms with E-state index in [1.165, 1.54) is 7.11 Å². The third kappa shape index (κ3) is 2.90. The van der Waals surface area contributed by atoms with Crippen molar-refractivity contribution in [1.29, 1.82) is 0 Å². The molecule has 0 saturated heterocycles. The molecule has 0 unspecified atom stereocenters. The van der Waals surface area contributed by atoms with Gasteiger partial charge in [0.25, 0.3) is 0 Å². The van der Waals surface area contributed by atoms with Gasteiger partial charge in [-0.1, -0.05) is 0 Å². The van der Waals surface area contributed by atoms with E-state index >= 15 is 0 Å². The van der Waals surface area contributed by atoms with E-state index in [2.05, 4.69) is 20.7 Å².